The average molecular weight is 342 g/mol. The van der Waals surface area contributed by atoms with E-state index in [1.165, 1.54) is 16.7 Å². The largest absolute Gasteiger partial charge is 0.321 e. The second-order valence-corrected chi connectivity index (χ2v) is 7.28. The molecule has 1 aliphatic heterocycles. The molecule has 0 radical (unpaired) electrons. The number of nitrogens with two attached hydrogens (primary N) is 1. The highest BCUT2D eigenvalue weighted by molar-refractivity contribution is 5.32. The molecule has 26 heavy (non-hydrogen) atoms. The van der Waals surface area contributed by atoms with Gasteiger partial charge in [-0.05, 0) is 29.5 Å². The molecule has 2 nitrogen and oxygen atoms in total. The second-order valence-electron chi connectivity index (χ2n) is 7.28. The maximum Gasteiger partial charge on any atom is 0.0601 e. The van der Waals surface area contributed by atoms with Crippen LogP contribution < -0.4 is 5.73 Å². The minimum absolute atomic E-state index is 0.213. The maximum atomic E-state index is 6.79. The standard InChI is InChI=1S/C24H26N2/c25-24(22-14-8-3-9-15-22)16-18-26(19-17-24)23(20-10-4-1-5-11-20)21-12-6-2-7-13-21/h1-15,23H,16-19,25H2. The zero-order chi connectivity index (χ0) is 17.8. The zero-order valence-corrected chi connectivity index (χ0v) is 15.1. The van der Waals surface area contributed by atoms with E-state index in [-0.39, 0.29) is 11.6 Å². The van der Waals surface area contributed by atoms with Crippen LogP contribution in [-0.2, 0) is 5.54 Å². The van der Waals surface area contributed by atoms with Gasteiger partial charge in [0.15, 0.2) is 0 Å². The topological polar surface area (TPSA) is 29.3 Å². The summed E-state index contributed by atoms with van der Waals surface area (Å²) < 4.78 is 0. The third kappa shape index (κ3) is 3.44. The lowest BCUT2D eigenvalue weighted by Gasteiger charge is -2.43. The van der Waals surface area contributed by atoms with E-state index in [0.717, 1.165) is 25.9 Å². The lowest BCUT2D eigenvalue weighted by atomic mass is 9.81. The first kappa shape index (κ1) is 17.0. The van der Waals surface area contributed by atoms with Crippen molar-refractivity contribution in [3.8, 4) is 0 Å². The number of rotatable bonds is 4. The van der Waals surface area contributed by atoms with Crippen molar-refractivity contribution in [3.63, 3.8) is 0 Å². The molecular weight excluding hydrogens is 316 g/mol. The average Bonchev–Trinajstić information content (AvgIpc) is 2.72. The van der Waals surface area contributed by atoms with E-state index in [2.05, 4.69) is 95.9 Å². The summed E-state index contributed by atoms with van der Waals surface area (Å²) in [6, 6.07) is 32.5. The van der Waals surface area contributed by atoms with Crippen molar-refractivity contribution >= 4 is 0 Å². The van der Waals surface area contributed by atoms with Gasteiger partial charge in [-0.25, -0.2) is 0 Å². The molecule has 2 N–H and O–H groups in total. The Morgan fingerprint density at radius 2 is 1.08 bits per heavy atom. The summed E-state index contributed by atoms with van der Waals surface area (Å²) in [6.07, 6.45) is 1.96. The molecule has 0 saturated carbocycles. The maximum absolute atomic E-state index is 6.79. The summed E-state index contributed by atoms with van der Waals surface area (Å²) in [6.45, 7) is 2.00. The number of hydrogen-bond acceptors (Lipinski definition) is 2. The molecule has 0 aliphatic carbocycles. The Morgan fingerprint density at radius 3 is 1.54 bits per heavy atom. The number of nitrogens with zero attached hydrogens (tertiary/aromatic N) is 1. The predicted molar refractivity (Wildman–Crippen MR) is 108 cm³/mol. The molecule has 0 aromatic heterocycles. The van der Waals surface area contributed by atoms with Gasteiger partial charge in [0.2, 0.25) is 0 Å². The Balaban J connectivity index is 1.59. The monoisotopic (exact) mass is 342 g/mol. The van der Waals surface area contributed by atoms with E-state index in [9.17, 15) is 0 Å². The Kier molecular flexibility index (Phi) is 4.87. The van der Waals surface area contributed by atoms with Crippen LogP contribution in [0.25, 0.3) is 0 Å². The van der Waals surface area contributed by atoms with Crippen molar-refractivity contribution in [2.24, 2.45) is 5.73 Å². The number of piperidine rings is 1. The Morgan fingerprint density at radius 1 is 0.654 bits per heavy atom. The molecule has 1 heterocycles. The van der Waals surface area contributed by atoms with E-state index < -0.39 is 0 Å². The fourth-order valence-corrected chi connectivity index (χ4v) is 4.12. The summed E-state index contributed by atoms with van der Waals surface area (Å²) in [5.74, 6) is 0. The highest BCUT2D eigenvalue weighted by atomic mass is 15.2. The number of benzene rings is 3. The van der Waals surface area contributed by atoms with Crippen LogP contribution in [0.5, 0.6) is 0 Å². The first-order chi connectivity index (χ1) is 12.8. The van der Waals surface area contributed by atoms with Crippen molar-refractivity contribution in [3.05, 3.63) is 108 Å². The number of hydrogen-bond donors (Lipinski definition) is 1. The molecule has 0 unspecified atom stereocenters. The second kappa shape index (κ2) is 7.45. The van der Waals surface area contributed by atoms with Crippen LogP contribution in [0, 0.1) is 0 Å². The molecular formula is C24H26N2. The zero-order valence-electron chi connectivity index (χ0n) is 15.1. The summed E-state index contributed by atoms with van der Waals surface area (Å²) in [5.41, 5.74) is 10.5. The molecule has 0 spiro atoms. The highest BCUT2D eigenvalue weighted by Crippen LogP contribution is 2.36. The predicted octanol–water partition coefficient (Wildman–Crippen LogP) is 4.73. The summed E-state index contributed by atoms with van der Waals surface area (Å²) >= 11 is 0. The van der Waals surface area contributed by atoms with Gasteiger partial charge in [0.25, 0.3) is 0 Å². The lowest BCUT2D eigenvalue weighted by Crippen LogP contribution is -2.49. The van der Waals surface area contributed by atoms with Crippen LogP contribution in [0.3, 0.4) is 0 Å². The Labute approximate surface area is 156 Å². The van der Waals surface area contributed by atoms with Gasteiger partial charge in [-0.2, -0.15) is 0 Å². The summed E-state index contributed by atoms with van der Waals surface area (Å²) in [7, 11) is 0. The van der Waals surface area contributed by atoms with Crippen molar-refractivity contribution in [1.29, 1.82) is 0 Å². The van der Waals surface area contributed by atoms with E-state index in [1.807, 2.05) is 0 Å². The van der Waals surface area contributed by atoms with Crippen LogP contribution in [-0.4, -0.2) is 18.0 Å². The summed E-state index contributed by atoms with van der Waals surface area (Å²) in [4.78, 5) is 2.58. The van der Waals surface area contributed by atoms with Crippen molar-refractivity contribution < 1.29 is 0 Å². The van der Waals surface area contributed by atoms with Gasteiger partial charge in [0, 0.05) is 18.6 Å². The van der Waals surface area contributed by atoms with Crippen molar-refractivity contribution in [1.82, 2.24) is 4.90 Å². The van der Waals surface area contributed by atoms with E-state index in [4.69, 9.17) is 5.73 Å². The third-order valence-corrected chi connectivity index (χ3v) is 5.63. The van der Waals surface area contributed by atoms with Gasteiger partial charge in [-0.15, -0.1) is 0 Å². The Hall–Kier alpha value is -2.42. The quantitative estimate of drug-likeness (QED) is 0.743. The Bertz CT molecular complexity index is 767. The van der Waals surface area contributed by atoms with Crippen LogP contribution in [0.1, 0.15) is 35.6 Å². The van der Waals surface area contributed by atoms with Gasteiger partial charge in [-0.1, -0.05) is 91.0 Å². The molecule has 0 amide bonds. The van der Waals surface area contributed by atoms with Crippen LogP contribution in [0.2, 0.25) is 0 Å². The van der Waals surface area contributed by atoms with Gasteiger partial charge in [0.1, 0.15) is 0 Å². The minimum Gasteiger partial charge on any atom is -0.321 e. The van der Waals surface area contributed by atoms with Crippen LogP contribution in [0.15, 0.2) is 91.0 Å². The van der Waals surface area contributed by atoms with Crippen molar-refractivity contribution in [2.45, 2.75) is 24.4 Å². The molecule has 1 saturated heterocycles. The fraction of sp³-hybridized carbons (Fsp3) is 0.250. The normalized spacial score (nSPS) is 17.3. The van der Waals surface area contributed by atoms with E-state index >= 15 is 0 Å². The van der Waals surface area contributed by atoms with Gasteiger partial charge in [-0.3, -0.25) is 4.90 Å². The molecule has 3 aromatic rings. The van der Waals surface area contributed by atoms with E-state index in [0.29, 0.717) is 0 Å². The molecule has 2 heteroatoms. The smallest absolute Gasteiger partial charge is 0.0601 e. The van der Waals surface area contributed by atoms with E-state index in [1.54, 1.807) is 0 Å². The third-order valence-electron chi connectivity index (χ3n) is 5.63. The number of likely N-dealkylation sites (tertiary alicyclic amines) is 1. The molecule has 4 rings (SSSR count). The van der Waals surface area contributed by atoms with Crippen LogP contribution >= 0.6 is 0 Å². The molecule has 0 bridgehead atoms. The van der Waals surface area contributed by atoms with Crippen molar-refractivity contribution in [2.75, 3.05) is 13.1 Å². The van der Waals surface area contributed by atoms with Gasteiger partial charge in [0.05, 0.1) is 6.04 Å². The SMILES string of the molecule is NC1(c2ccccc2)CCN(C(c2ccccc2)c2ccccc2)CC1. The first-order valence-electron chi connectivity index (χ1n) is 9.45. The molecule has 0 atom stereocenters. The molecule has 1 fully saturated rings. The molecule has 3 aromatic carbocycles. The first-order valence-corrected chi connectivity index (χ1v) is 9.45. The highest BCUT2D eigenvalue weighted by Gasteiger charge is 2.35. The lowest BCUT2D eigenvalue weighted by molar-refractivity contribution is 0.132. The molecule has 132 valence electrons. The molecule has 1 aliphatic rings. The van der Waals surface area contributed by atoms with Crippen LogP contribution in [0.4, 0.5) is 0 Å². The fourth-order valence-electron chi connectivity index (χ4n) is 4.12. The summed E-state index contributed by atoms with van der Waals surface area (Å²) in [5, 5.41) is 0. The van der Waals surface area contributed by atoms with Gasteiger partial charge >= 0.3 is 0 Å². The minimum atomic E-state index is -0.213. The van der Waals surface area contributed by atoms with Gasteiger partial charge < -0.3 is 5.73 Å².